The number of nitrogens with zero attached hydrogens (tertiary/aromatic N) is 2. The zero-order chi connectivity index (χ0) is 15.4. The van der Waals surface area contributed by atoms with Crippen molar-refractivity contribution >= 4 is 0 Å². The highest BCUT2D eigenvalue weighted by Gasteiger charge is 2.04. The van der Waals surface area contributed by atoms with E-state index in [1.54, 1.807) is 48.9 Å². The van der Waals surface area contributed by atoms with Crippen molar-refractivity contribution in [3.05, 3.63) is 77.5 Å². The zero-order valence-corrected chi connectivity index (χ0v) is 11.6. The van der Waals surface area contributed by atoms with E-state index in [0.717, 1.165) is 11.1 Å². The first-order valence-electron chi connectivity index (χ1n) is 6.70. The van der Waals surface area contributed by atoms with Crippen molar-refractivity contribution in [1.29, 1.82) is 0 Å². The summed E-state index contributed by atoms with van der Waals surface area (Å²) in [7, 11) is 0. The Kier molecular flexibility index (Phi) is 3.96. The molecule has 110 valence electrons. The number of alkyl halides is 1. The Labute approximate surface area is 126 Å². The van der Waals surface area contributed by atoms with Gasteiger partial charge >= 0.3 is 0 Å². The molecule has 0 saturated heterocycles. The summed E-state index contributed by atoms with van der Waals surface area (Å²) in [6.07, 6.45) is 5.19. The Morgan fingerprint density at radius 2 is 1.86 bits per heavy atom. The lowest BCUT2D eigenvalue weighted by Crippen LogP contribution is -2.16. The van der Waals surface area contributed by atoms with E-state index in [-0.39, 0.29) is 5.56 Å². The van der Waals surface area contributed by atoms with Gasteiger partial charge in [0, 0.05) is 41.5 Å². The monoisotopic (exact) mass is 296 g/mol. The molecule has 3 rings (SSSR count). The standard InChI is InChI=1S/C17H13FN2O2/c18-12-22-16-6-4-15(5-7-16)20-11-14(3-8-17(20)21)13-2-1-9-19-10-13/h1-11H,12H2. The summed E-state index contributed by atoms with van der Waals surface area (Å²) in [4.78, 5) is 16.1. The summed E-state index contributed by atoms with van der Waals surface area (Å²) < 4.78 is 18.4. The number of halogens is 1. The van der Waals surface area contributed by atoms with Gasteiger partial charge in [-0.3, -0.25) is 14.3 Å². The van der Waals surface area contributed by atoms with Gasteiger partial charge in [0.2, 0.25) is 6.86 Å². The van der Waals surface area contributed by atoms with Gasteiger partial charge in [-0.25, -0.2) is 4.39 Å². The molecule has 0 spiro atoms. The van der Waals surface area contributed by atoms with Gasteiger partial charge in [0.05, 0.1) is 0 Å². The SMILES string of the molecule is O=c1ccc(-c2cccnc2)cn1-c1ccc(OCF)cc1. The molecular formula is C17H13FN2O2. The quantitative estimate of drug-likeness (QED) is 0.742. The molecule has 0 N–H and O–H groups in total. The maximum absolute atomic E-state index is 12.1. The molecule has 0 saturated carbocycles. The van der Waals surface area contributed by atoms with Crippen molar-refractivity contribution in [3.63, 3.8) is 0 Å². The number of hydrogen-bond acceptors (Lipinski definition) is 3. The number of rotatable bonds is 4. The van der Waals surface area contributed by atoms with Crippen LogP contribution in [0.1, 0.15) is 0 Å². The smallest absolute Gasteiger partial charge is 0.255 e. The molecule has 0 radical (unpaired) electrons. The van der Waals surface area contributed by atoms with Crippen LogP contribution in [-0.2, 0) is 0 Å². The maximum Gasteiger partial charge on any atom is 0.255 e. The third-order valence-electron chi connectivity index (χ3n) is 3.24. The molecule has 0 amide bonds. The van der Waals surface area contributed by atoms with Gasteiger partial charge in [-0.2, -0.15) is 0 Å². The van der Waals surface area contributed by atoms with Crippen LogP contribution in [0.4, 0.5) is 4.39 Å². The summed E-state index contributed by atoms with van der Waals surface area (Å²) in [6, 6.07) is 13.7. The number of aromatic nitrogens is 2. The van der Waals surface area contributed by atoms with Gasteiger partial charge in [-0.05, 0) is 36.4 Å². The van der Waals surface area contributed by atoms with Crippen molar-refractivity contribution in [2.45, 2.75) is 0 Å². The van der Waals surface area contributed by atoms with Crippen LogP contribution < -0.4 is 10.3 Å². The van der Waals surface area contributed by atoms with E-state index in [9.17, 15) is 9.18 Å². The molecule has 0 aliphatic carbocycles. The van der Waals surface area contributed by atoms with E-state index in [1.165, 1.54) is 10.6 Å². The van der Waals surface area contributed by atoms with Crippen LogP contribution in [0, 0.1) is 0 Å². The van der Waals surface area contributed by atoms with Crippen LogP contribution in [-0.4, -0.2) is 16.4 Å². The van der Waals surface area contributed by atoms with Crippen molar-refractivity contribution in [2.75, 3.05) is 6.86 Å². The highest BCUT2D eigenvalue weighted by atomic mass is 19.1. The molecule has 4 nitrogen and oxygen atoms in total. The summed E-state index contributed by atoms with van der Waals surface area (Å²) in [5, 5.41) is 0. The summed E-state index contributed by atoms with van der Waals surface area (Å²) >= 11 is 0. The second-order valence-corrected chi connectivity index (χ2v) is 4.62. The molecule has 5 heteroatoms. The molecule has 3 aromatic rings. The fourth-order valence-electron chi connectivity index (χ4n) is 2.16. The Bertz CT molecular complexity index is 814. The molecule has 0 aliphatic rings. The van der Waals surface area contributed by atoms with Crippen LogP contribution >= 0.6 is 0 Å². The Morgan fingerprint density at radius 3 is 2.55 bits per heavy atom. The predicted octanol–water partition coefficient (Wildman–Crippen LogP) is 3.21. The summed E-state index contributed by atoms with van der Waals surface area (Å²) in [5.41, 5.74) is 2.35. The molecule has 0 unspecified atom stereocenters. The minimum atomic E-state index is -0.879. The topological polar surface area (TPSA) is 44.1 Å². The average Bonchev–Trinajstić information content (AvgIpc) is 2.57. The molecular weight excluding hydrogens is 283 g/mol. The number of ether oxygens (including phenoxy) is 1. The Balaban J connectivity index is 2.01. The van der Waals surface area contributed by atoms with Gasteiger partial charge in [0.15, 0.2) is 0 Å². The number of hydrogen-bond donors (Lipinski definition) is 0. The third kappa shape index (κ3) is 2.88. The van der Waals surface area contributed by atoms with Gasteiger partial charge in [-0.15, -0.1) is 0 Å². The molecule has 0 bridgehead atoms. The fourth-order valence-corrected chi connectivity index (χ4v) is 2.16. The number of pyridine rings is 2. The number of benzene rings is 1. The maximum atomic E-state index is 12.1. The van der Waals surface area contributed by atoms with E-state index < -0.39 is 6.86 Å². The van der Waals surface area contributed by atoms with Crippen LogP contribution in [0.2, 0.25) is 0 Å². The van der Waals surface area contributed by atoms with Crippen molar-refractivity contribution < 1.29 is 9.13 Å². The minimum absolute atomic E-state index is 0.146. The molecule has 2 heterocycles. The van der Waals surface area contributed by atoms with Crippen molar-refractivity contribution in [2.24, 2.45) is 0 Å². The van der Waals surface area contributed by atoms with Gasteiger partial charge in [-0.1, -0.05) is 6.07 Å². The Morgan fingerprint density at radius 1 is 1.05 bits per heavy atom. The van der Waals surface area contributed by atoms with Crippen LogP contribution in [0.5, 0.6) is 5.75 Å². The summed E-state index contributed by atoms with van der Waals surface area (Å²) in [6.45, 7) is -0.879. The van der Waals surface area contributed by atoms with Crippen LogP contribution in [0.25, 0.3) is 16.8 Å². The molecule has 0 atom stereocenters. The molecule has 0 aliphatic heterocycles. The highest BCUT2D eigenvalue weighted by Crippen LogP contribution is 2.19. The predicted molar refractivity (Wildman–Crippen MR) is 81.9 cm³/mol. The van der Waals surface area contributed by atoms with E-state index in [2.05, 4.69) is 4.98 Å². The second kappa shape index (κ2) is 6.22. The second-order valence-electron chi connectivity index (χ2n) is 4.62. The average molecular weight is 296 g/mol. The Hall–Kier alpha value is -2.95. The highest BCUT2D eigenvalue weighted by molar-refractivity contribution is 5.61. The van der Waals surface area contributed by atoms with Crippen molar-refractivity contribution in [1.82, 2.24) is 9.55 Å². The van der Waals surface area contributed by atoms with E-state index >= 15 is 0 Å². The lowest BCUT2D eigenvalue weighted by Gasteiger charge is -2.09. The van der Waals surface area contributed by atoms with Crippen LogP contribution in [0.15, 0.2) is 71.9 Å². The van der Waals surface area contributed by atoms with Gasteiger partial charge in [0.25, 0.3) is 5.56 Å². The first kappa shape index (κ1) is 14.0. The first-order chi connectivity index (χ1) is 10.8. The first-order valence-corrected chi connectivity index (χ1v) is 6.70. The molecule has 22 heavy (non-hydrogen) atoms. The van der Waals surface area contributed by atoms with E-state index in [0.29, 0.717) is 11.4 Å². The molecule has 1 aromatic carbocycles. The molecule has 2 aromatic heterocycles. The lowest BCUT2D eigenvalue weighted by atomic mass is 10.1. The lowest BCUT2D eigenvalue weighted by molar-refractivity contribution is 0.192. The van der Waals surface area contributed by atoms with Crippen molar-refractivity contribution in [3.8, 4) is 22.6 Å². The summed E-state index contributed by atoms with van der Waals surface area (Å²) in [5.74, 6) is 0.419. The largest absolute Gasteiger partial charge is 0.463 e. The van der Waals surface area contributed by atoms with Crippen LogP contribution in [0.3, 0.4) is 0 Å². The van der Waals surface area contributed by atoms with Gasteiger partial charge in [0.1, 0.15) is 5.75 Å². The van der Waals surface area contributed by atoms with E-state index in [1.807, 2.05) is 12.1 Å². The fraction of sp³-hybridized carbons (Fsp3) is 0.0588. The molecule has 0 fully saturated rings. The van der Waals surface area contributed by atoms with Gasteiger partial charge < -0.3 is 4.74 Å². The normalized spacial score (nSPS) is 10.4. The third-order valence-corrected chi connectivity index (χ3v) is 3.24. The van der Waals surface area contributed by atoms with E-state index in [4.69, 9.17) is 4.74 Å². The zero-order valence-electron chi connectivity index (χ0n) is 11.6. The minimum Gasteiger partial charge on any atom is -0.463 e.